The third kappa shape index (κ3) is 4.20. The predicted molar refractivity (Wildman–Crippen MR) is 99.9 cm³/mol. The molecule has 3 N–H and O–H groups in total. The fourth-order valence-corrected chi connectivity index (χ4v) is 3.26. The average molecular weight is 373 g/mol. The van der Waals surface area contributed by atoms with Gasteiger partial charge in [0.15, 0.2) is 11.5 Å². The first-order valence-corrected chi connectivity index (χ1v) is 8.79. The highest BCUT2D eigenvalue weighted by Gasteiger charge is 2.35. The summed E-state index contributed by atoms with van der Waals surface area (Å²) in [4.78, 5) is 12.8. The Morgan fingerprint density at radius 1 is 1.15 bits per heavy atom. The van der Waals surface area contributed by atoms with Gasteiger partial charge in [-0.1, -0.05) is 18.2 Å². The zero-order valence-electron chi connectivity index (χ0n) is 15.6. The van der Waals surface area contributed by atoms with Crippen LogP contribution in [0.5, 0.6) is 11.5 Å². The third-order valence-corrected chi connectivity index (χ3v) is 4.81. The van der Waals surface area contributed by atoms with E-state index in [-0.39, 0.29) is 29.7 Å². The van der Waals surface area contributed by atoms with Crippen LogP contribution in [0.25, 0.3) is 0 Å². The number of hydrogen-bond acceptors (Lipinski definition) is 5. The van der Waals surface area contributed by atoms with Crippen molar-refractivity contribution in [3.8, 4) is 11.5 Å². The summed E-state index contributed by atoms with van der Waals surface area (Å²) in [6.07, 6.45) is 0. The van der Waals surface area contributed by atoms with Gasteiger partial charge in [-0.25, -0.2) is 9.82 Å². The Labute approximate surface area is 158 Å². The Morgan fingerprint density at radius 2 is 1.85 bits per heavy atom. The van der Waals surface area contributed by atoms with Crippen LogP contribution in [-0.2, 0) is 4.79 Å². The van der Waals surface area contributed by atoms with Crippen molar-refractivity contribution < 1.29 is 18.7 Å². The minimum atomic E-state index is -0.300. The topological polar surface area (TPSA) is 71.6 Å². The maximum absolute atomic E-state index is 13.1. The lowest BCUT2D eigenvalue weighted by Crippen LogP contribution is -2.36. The largest absolute Gasteiger partial charge is 0.493 e. The van der Waals surface area contributed by atoms with Crippen LogP contribution in [0.3, 0.4) is 0 Å². The molecule has 1 amide bonds. The van der Waals surface area contributed by atoms with Gasteiger partial charge in [0.2, 0.25) is 5.91 Å². The molecule has 1 aliphatic rings. The standard InChI is InChI=1S/C20H24FN3O3/c1-12(13-4-7-15(21)8-5-13)23-20(25)16-11-22-24-19(16)14-6-9-17(26-2)18(10-14)27-3/h4-10,12,16,19,22,24H,11H2,1-3H3,(H,23,25). The molecule has 0 aromatic heterocycles. The molecule has 0 spiro atoms. The zero-order valence-corrected chi connectivity index (χ0v) is 15.6. The molecule has 2 aromatic carbocycles. The Kier molecular flexibility index (Phi) is 5.93. The van der Waals surface area contributed by atoms with Crippen molar-refractivity contribution >= 4 is 5.91 Å². The number of rotatable bonds is 6. The maximum atomic E-state index is 13.1. The predicted octanol–water partition coefficient (Wildman–Crippen LogP) is 2.49. The molecule has 2 aromatic rings. The molecule has 1 heterocycles. The highest BCUT2D eigenvalue weighted by molar-refractivity contribution is 5.80. The highest BCUT2D eigenvalue weighted by atomic mass is 19.1. The molecular weight excluding hydrogens is 349 g/mol. The highest BCUT2D eigenvalue weighted by Crippen LogP contribution is 2.33. The number of carbonyl (C=O) groups excluding carboxylic acids is 1. The quantitative estimate of drug-likeness (QED) is 0.726. The first-order valence-electron chi connectivity index (χ1n) is 8.79. The molecule has 3 unspecified atom stereocenters. The number of ether oxygens (including phenoxy) is 2. The van der Waals surface area contributed by atoms with E-state index < -0.39 is 0 Å². The summed E-state index contributed by atoms with van der Waals surface area (Å²) < 4.78 is 23.7. The van der Waals surface area contributed by atoms with Crippen LogP contribution in [0, 0.1) is 11.7 Å². The normalized spacial score (nSPS) is 20.1. The van der Waals surface area contributed by atoms with E-state index in [1.807, 2.05) is 25.1 Å². The summed E-state index contributed by atoms with van der Waals surface area (Å²) in [7, 11) is 3.16. The van der Waals surface area contributed by atoms with E-state index in [0.717, 1.165) is 11.1 Å². The van der Waals surface area contributed by atoms with Crippen LogP contribution >= 0.6 is 0 Å². The number of amides is 1. The second-order valence-corrected chi connectivity index (χ2v) is 6.51. The van der Waals surface area contributed by atoms with E-state index in [9.17, 15) is 9.18 Å². The van der Waals surface area contributed by atoms with Crippen molar-refractivity contribution in [2.24, 2.45) is 5.92 Å². The first kappa shape index (κ1) is 19.1. The van der Waals surface area contributed by atoms with Gasteiger partial charge in [-0.15, -0.1) is 0 Å². The maximum Gasteiger partial charge on any atom is 0.226 e. The summed E-state index contributed by atoms with van der Waals surface area (Å²) in [6.45, 7) is 2.38. The summed E-state index contributed by atoms with van der Waals surface area (Å²) in [5.74, 6) is 0.575. The van der Waals surface area contributed by atoms with E-state index in [0.29, 0.717) is 18.0 Å². The molecule has 27 heavy (non-hydrogen) atoms. The van der Waals surface area contributed by atoms with Gasteiger partial charge in [0.25, 0.3) is 0 Å². The molecule has 1 saturated heterocycles. The monoisotopic (exact) mass is 373 g/mol. The van der Waals surface area contributed by atoms with Crippen LogP contribution in [0.4, 0.5) is 4.39 Å². The molecular formula is C20H24FN3O3. The van der Waals surface area contributed by atoms with E-state index in [1.165, 1.54) is 12.1 Å². The van der Waals surface area contributed by atoms with E-state index in [1.54, 1.807) is 26.4 Å². The molecule has 0 aliphatic carbocycles. The second-order valence-electron chi connectivity index (χ2n) is 6.51. The molecule has 144 valence electrons. The fraction of sp³-hybridized carbons (Fsp3) is 0.350. The smallest absolute Gasteiger partial charge is 0.226 e. The van der Waals surface area contributed by atoms with Crippen LogP contribution in [0.2, 0.25) is 0 Å². The van der Waals surface area contributed by atoms with Gasteiger partial charge in [0.1, 0.15) is 5.82 Å². The van der Waals surface area contributed by atoms with Crippen LogP contribution in [0.1, 0.15) is 30.1 Å². The number of nitrogens with one attached hydrogen (secondary N) is 3. The zero-order chi connectivity index (χ0) is 19.4. The van der Waals surface area contributed by atoms with Gasteiger partial charge >= 0.3 is 0 Å². The molecule has 1 fully saturated rings. The number of hydrazine groups is 1. The molecule has 6 nitrogen and oxygen atoms in total. The lowest BCUT2D eigenvalue weighted by atomic mass is 9.93. The van der Waals surface area contributed by atoms with E-state index in [4.69, 9.17) is 9.47 Å². The van der Waals surface area contributed by atoms with Gasteiger partial charge in [0, 0.05) is 6.54 Å². The number of carbonyl (C=O) groups is 1. The number of methoxy groups -OCH3 is 2. The van der Waals surface area contributed by atoms with Gasteiger partial charge in [-0.3, -0.25) is 10.2 Å². The third-order valence-electron chi connectivity index (χ3n) is 4.81. The van der Waals surface area contributed by atoms with Gasteiger partial charge in [-0.05, 0) is 42.3 Å². The first-order chi connectivity index (χ1) is 13.0. The van der Waals surface area contributed by atoms with Crippen LogP contribution in [-0.4, -0.2) is 26.7 Å². The number of halogens is 1. The van der Waals surface area contributed by atoms with Crippen LogP contribution < -0.4 is 25.6 Å². The average Bonchev–Trinajstić information content (AvgIpc) is 3.17. The van der Waals surface area contributed by atoms with E-state index in [2.05, 4.69) is 16.2 Å². The van der Waals surface area contributed by atoms with Crippen molar-refractivity contribution in [2.45, 2.75) is 19.0 Å². The Morgan fingerprint density at radius 3 is 2.52 bits per heavy atom. The lowest BCUT2D eigenvalue weighted by molar-refractivity contribution is -0.125. The van der Waals surface area contributed by atoms with Crippen molar-refractivity contribution in [3.63, 3.8) is 0 Å². The summed E-state index contributed by atoms with van der Waals surface area (Å²) in [5.41, 5.74) is 7.99. The SMILES string of the molecule is COc1ccc(C2NNCC2C(=O)NC(C)c2ccc(F)cc2)cc1OC. The molecule has 7 heteroatoms. The number of hydrogen-bond donors (Lipinski definition) is 3. The van der Waals surface area contributed by atoms with Crippen molar-refractivity contribution in [3.05, 3.63) is 59.4 Å². The van der Waals surface area contributed by atoms with Crippen LogP contribution in [0.15, 0.2) is 42.5 Å². The Hall–Kier alpha value is -2.64. The summed E-state index contributed by atoms with van der Waals surface area (Å²) in [5, 5.41) is 3.01. The number of benzene rings is 2. The Bertz CT molecular complexity index is 798. The fourth-order valence-electron chi connectivity index (χ4n) is 3.26. The summed E-state index contributed by atoms with van der Waals surface area (Å²) in [6, 6.07) is 11.3. The van der Waals surface area contributed by atoms with Crippen molar-refractivity contribution in [1.82, 2.24) is 16.2 Å². The van der Waals surface area contributed by atoms with Gasteiger partial charge in [0.05, 0.1) is 32.2 Å². The summed E-state index contributed by atoms with van der Waals surface area (Å²) >= 11 is 0. The Balaban J connectivity index is 1.73. The van der Waals surface area contributed by atoms with Crippen molar-refractivity contribution in [2.75, 3.05) is 20.8 Å². The molecule has 0 radical (unpaired) electrons. The lowest BCUT2D eigenvalue weighted by Gasteiger charge is -2.22. The molecule has 0 saturated carbocycles. The van der Waals surface area contributed by atoms with Gasteiger partial charge in [-0.2, -0.15) is 0 Å². The molecule has 3 rings (SSSR count). The minimum Gasteiger partial charge on any atom is -0.493 e. The second kappa shape index (κ2) is 8.37. The molecule has 1 aliphatic heterocycles. The molecule has 3 atom stereocenters. The molecule has 0 bridgehead atoms. The minimum absolute atomic E-state index is 0.0795. The van der Waals surface area contributed by atoms with Gasteiger partial charge < -0.3 is 14.8 Å². The van der Waals surface area contributed by atoms with Crippen molar-refractivity contribution in [1.29, 1.82) is 0 Å². The van der Waals surface area contributed by atoms with E-state index >= 15 is 0 Å².